The van der Waals surface area contributed by atoms with E-state index in [1.165, 1.54) is 24.1 Å². The van der Waals surface area contributed by atoms with E-state index in [0.717, 1.165) is 0 Å². The number of ether oxygens (including phenoxy) is 2. The van der Waals surface area contributed by atoms with Gasteiger partial charge in [0.25, 0.3) is 11.7 Å². The minimum atomic E-state index is -0.643. The van der Waals surface area contributed by atoms with E-state index in [1.54, 1.807) is 24.3 Å². The number of carbonyl (C=O) groups is 2. The monoisotopic (exact) mass is 343 g/mol. The summed E-state index contributed by atoms with van der Waals surface area (Å²) in [5.74, 6) is -0.901. The second-order valence-electron chi connectivity index (χ2n) is 5.21. The molecule has 0 radical (unpaired) electrons. The van der Waals surface area contributed by atoms with E-state index in [0.29, 0.717) is 11.1 Å². The molecule has 2 heterocycles. The highest BCUT2D eigenvalue weighted by atomic mass is 16.6. The second-order valence-corrected chi connectivity index (χ2v) is 5.21. The molecule has 1 aromatic carbocycles. The number of fused-ring (bicyclic) bond motifs is 1. The zero-order valence-corrected chi connectivity index (χ0v) is 13.2. The second kappa shape index (κ2) is 6.56. The SMILES string of the molecule is COC(=O)c1cccc(CN2C(=O)COc3ccc([N+](=O)[O-])nc32)c1. The average molecular weight is 343 g/mol. The van der Waals surface area contributed by atoms with Gasteiger partial charge in [-0.25, -0.2) is 4.79 Å². The van der Waals surface area contributed by atoms with Gasteiger partial charge in [-0.3, -0.25) is 9.69 Å². The first-order valence-corrected chi connectivity index (χ1v) is 7.25. The van der Waals surface area contributed by atoms with Crippen LogP contribution in [0.3, 0.4) is 0 Å². The Morgan fingerprint density at radius 3 is 2.92 bits per heavy atom. The molecule has 3 rings (SSSR count). The number of pyridine rings is 1. The van der Waals surface area contributed by atoms with E-state index >= 15 is 0 Å². The summed E-state index contributed by atoms with van der Waals surface area (Å²) in [6.45, 7) is -0.0998. The Morgan fingerprint density at radius 1 is 1.40 bits per heavy atom. The van der Waals surface area contributed by atoms with Crippen LogP contribution >= 0.6 is 0 Å². The molecule has 128 valence electrons. The molecule has 0 fully saturated rings. The van der Waals surface area contributed by atoms with Gasteiger partial charge in [-0.1, -0.05) is 12.1 Å². The largest absolute Gasteiger partial charge is 0.477 e. The van der Waals surface area contributed by atoms with Crippen molar-refractivity contribution in [2.75, 3.05) is 18.6 Å². The average Bonchev–Trinajstić information content (AvgIpc) is 2.63. The van der Waals surface area contributed by atoms with E-state index in [2.05, 4.69) is 9.72 Å². The van der Waals surface area contributed by atoms with Crippen molar-refractivity contribution in [2.45, 2.75) is 6.54 Å². The number of methoxy groups -OCH3 is 1. The first kappa shape index (κ1) is 16.4. The van der Waals surface area contributed by atoms with Crippen LogP contribution in [0.5, 0.6) is 5.75 Å². The highest BCUT2D eigenvalue weighted by molar-refractivity contribution is 5.97. The molecular weight excluding hydrogens is 330 g/mol. The van der Waals surface area contributed by atoms with E-state index in [9.17, 15) is 19.7 Å². The lowest BCUT2D eigenvalue weighted by Crippen LogP contribution is -2.39. The number of hydrogen-bond acceptors (Lipinski definition) is 7. The summed E-state index contributed by atoms with van der Waals surface area (Å²) in [7, 11) is 1.28. The first-order valence-electron chi connectivity index (χ1n) is 7.25. The molecule has 25 heavy (non-hydrogen) atoms. The van der Waals surface area contributed by atoms with Gasteiger partial charge in [0.1, 0.15) is 0 Å². The molecule has 0 bridgehead atoms. The van der Waals surface area contributed by atoms with Crippen LogP contribution in [0.4, 0.5) is 11.6 Å². The molecule has 0 aliphatic carbocycles. The summed E-state index contributed by atoms with van der Waals surface area (Å²) in [6, 6.07) is 9.19. The van der Waals surface area contributed by atoms with Gasteiger partial charge in [-0.05, 0) is 33.7 Å². The number of anilines is 1. The Balaban J connectivity index is 1.95. The lowest BCUT2D eigenvalue weighted by Gasteiger charge is -2.25. The maximum Gasteiger partial charge on any atom is 0.366 e. The van der Waals surface area contributed by atoms with Crippen molar-refractivity contribution >= 4 is 23.5 Å². The topological polar surface area (TPSA) is 112 Å². The minimum absolute atomic E-state index is 0.0777. The zero-order valence-electron chi connectivity index (χ0n) is 13.2. The summed E-state index contributed by atoms with van der Waals surface area (Å²) in [5, 5.41) is 10.9. The van der Waals surface area contributed by atoms with Crippen LogP contribution in [-0.4, -0.2) is 35.5 Å². The maximum absolute atomic E-state index is 12.2. The van der Waals surface area contributed by atoms with Crippen molar-refractivity contribution in [2.24, 2.45) is 0 Å². The fraction of sp³-hybridized carbons (Fsp3) is 0.188. The molecule has 1 aliphatic rings. The first-order chi connectivity index (χ1) is 12.0. The van der Waals surface area contributed by atoms with Gasteiger partial charge in [0.2, 0.25) is 0 Å². The number of esters is 1. The predicted molar refractivity (Wildman–Crippen MR) is 85.4 cm³/mol. The molecule has 1 aromatic heterocycles. The molecular formula is C16H13N3O6. The highest BCUT2D eigenvalue weighted by Gasteiger charge is 2.32. The summed E-state index contributed by atoms with van der Waals surface area (Å²) in [6.07, 6.45) is 0. The number of rotatable bonds is 4. The Hall–Kier alpha value is -3.49. The number of carbonyl (C=O) groups excluding carboxylic acids is 2. The standard InChI is InChI=1S/C16H13N3O6/c1-24-16(21)11-4-2-3-10(7-11)8-18-14(20)9-25-12-5-6-13(19(22)23)17-15(12)18/h2-7H,8-9H2,1H3. The van der Waals surface area contributed by atoms with Crippen LogP contribution in [0.1, 0.15) is 15.9 Å². The molecule has 0 saturated heterocycles. The van der Waals surface area contributed by atoms with Crippen molar-refractivity contribution in [3.8, 4) is 5.75 Å². The van der Waals surface area contributed by atoms with E-state index in [4.69, 9.17) is 4.74 Å². The van der Waals surface area contributed by atoms with E-state index in [-0.39, 0.29) is 36.4 Å². The zero-order chi connectivity index (χ0) is 18.0. The number of benzene rings is 1. The Bertz CT molecular complexity index is 867. The highest BCUT2D eigenvalue weighted by Crippen LogP contribution is 2.33. The van der Waals surface area contributed by atoms with Crippen LogP contribution in [0.2, 0.25) is 0 Å². The van der Waals surface area contributed by atoms with Gasteiger partial charge < -0.3 is 19.6 Å². The fourth-order valence-electron chi connectivity index (χ4n) is 2.43. The molecule has 1 amide bonds. The van der Waals surface area contributed by atoms with Crippen molar-refractivity contribution in [3.05, 3.63) is 57.6 Å². The fourth-order valence-corrected chi connectivity index (χ4v) is 2.43. The van der Waals surface area contributed by atoms with Gasteiger partial charge in [0.15, 0.2) is 12.4 Å². The molecule has 9 nitrogen and oxygen atoms in total. The van der Waals surface area contributed by atoms with Gasteiger partial charge >= 0.3 is 11.8 Å². The van der Waals surface area contributed by atoms with Gasteiger partial charge in [-0.15, -0.1) is 0 Å². The van der Waals surface area contributed by atoms with Gasteiger partial charge in [-0.2, -0.15) is 0 Å². The number of hydrogen-bond donors (Lipinski definition) is 0. The predicted octanol–water partition coefficient (Wildman–Crippen LogP) is 1.70. The van der Waals surface area contributed by atoms with Crippen molar-refractivity contribution in [1.29, 1.82) is 0 Å². The van der Waals surface area contributed by atoms with Crippen molar-refractivity contribution < 1.29 is 24.0 Å². The van der Waals surface area contributed by atoms with Crippen LogP contribution in [0.15, 0.2) is 36.4 Å². The van der Waals surface area contributed by atoms with Crippen LogP contribution < -0.4 is 9.64 Å². The third kappa shape index (κ3) is 3.25. The normalized spacial score (nSPS) is 13.0. The Labute approximate surface area is 141 Å². The molecule has 0 N–H and O–H groups in total. The van der Waals surface area contributed by atoms with Crippen molar-refractivity contribution in [1.82, 2.24) is 4.98 Å². The molecule has 0 saturated carbocycles. The third-order valence-electron chi connectivity index (χ3n) is 3.61. The molecule has 0 spiro atoms. The lowest BCUT2D eigenvalue weighted by molar-refractivity contribution is -0.389. The van der Waals surface area contributed by atoms with Crippen LogP contribution in [0.25, 0.3) is 0 Å². The summed E-state index contributed by atoms with van der Waals surface area (Å²) < 4.78 is 9.94. The van der Waals surface area contributed by atoms with E-state index in [1.807, 2.05) is 0 Å². The molecule has 0 unspecified atom stereocenters. The number of nitrogens with zero attached hydrogens (tertiary/aromatic N) is 3. The smallest absolute Gasteiger partial charge is 0.366 e. The minimum Gasteiger partial charge on any atom is -0.477 e. The number of aromatic nitrogens is 1. The number of amides is 1. The summed E-state index contributed by atoms with van der Waals surface area (Å²) >= 11 is 0. The lowest BCUT2D eigenvalue weighted by atomic mass is 10.1. The third-order valence-corrected chi connectivity index (χ3v) is 3.61. The van der Waals surface area contributed by atoms with Gasteiger partial charge in [0.05, 0.1) is 19.2 Å². The van der Waals surface area contributed by atoms with Gasteiger partial charge in [0, 0.05) is 6.07 Å². The molecule has 9 heteroatoms. The Morgan fingerprint density at radius 2 is 2.20 bits per heavy atom. The maximum atomic E-state index is 12.2. The number of nitro groups is 1. The van der Waals surface area contributed by atoms with Crippen LogP contribution in [0, 0.1) is 10.1 Å². The molecule has 0 atom stereocenters. The summed E-state index contributed by atoms with van der Waals surface area (Å²) in [4.78, 5) is 39.3. The summed E-state index contributed by atoms with van der Waals surface area (Å²) in [5.41, 5.74) is 0.991. The van der Waals surface area contributed by atoms with Crippen LogP contribution in [-0.2, 0) is 16.1 Å². The van der Waals surface area contributed by atoms with Crippen molar-refractivity contribution in [3.63, 3.8) is 0 Å². The Kier molecular flexibility index (Phi) is 4.29. The quantitative estimate of drug-likeness (QED) is 0.472. The molecule has 1 aliphatic heterocycles. The molecule has 2 aromatic rings. The van der Waals surface area contributed by atoms with E-state index < -0.39 is 10.9 Å².